The van der Waals surface area contributed by atoms with Crippen molar-refractivity contribution in [1.82, 2.24) is 25.1 Å². The van der Waals surface area contributed by atoms with Gasteiger partial charge in [-0.15, -0.1) is 0 Å². The van der Waals surface area contributed by atoms with Crippen molar-refractivity contribution in [2.24, 2.45) is 5.10 Å². The van der Waals surface area contributed by atoms with E-state index in [4.69, 9.17) is 12.2 Å². The molecule has 3 rings (SSSR count). The van der Waals surface area contributed by atoms with E-state index < -0.39 is 12.2 Å². The van der Waals surface area contributed by atoms with Gasteiger partial charge in [-0.25, -0.2) is 13.9 Å². The van der Waals surface area contributed by atoms with Crippen LogP contribution >= 0.6 is 12.2 Å². The van der Waals surface area contributed by atoms with Gasteiger partial charge in [0.05, 0.1) is 18.1 Å². The average Bonchev–Trinajstić information content (AvgIpc) is 3.12. The highest BCUT2D eigenvalue weighted by Crippen LogP contribution is 2.20. The van der Waals surface area contributed by atoms with Crippen LogP contribution in [0.2, 0.25) is 0 Å². The van der Waals surface area contributed by atoms with Gasteiger partial charge < -0.3 is 0 Å². The van der Waals surface area contributed by atoms with Crippen LogP contribution in [0.3, 0.4) is 0 Å². The van der Waals surface area contributed by atoms with Crippen LogP contribution in [0, 0.1) is 4.77 Å². The van der Waals surface area contributed by atoms with Gasteiger partial charge in [0, 0.05) is 11.1 Å². The molecule has 0 amide bonds. The highest BCUT2D eigenvalue weighted by Gasteiger charge is 2.16. The molecule has 0 saturated carbocycles. The molecule has 2 heterocycles. The molecule has 1 aromatic carbocycles. The lowest BCUT2D eigenvalue weighted by Gasteiger charge is -2.00. The summed E-state index contributed by atoms with van der Waals surface area (Å²) < 4.78 is 26.5. The molecular formula is C13H10F2N6S. The van der Waals surface area contributed by atoms with E-state index in [1.807, 2.05) is 30.3 Å². The molecular weight excluding hydrogens is 310 g/mol. The summed E-state index contributed by atoms with van der Waals surface area (Å²) in [4.78, 5) is 0. The Morgan fingerprint density at radius 3 is 2.73 bits per heavy atom. The number of aromatic amines is 2. The summed E-state index contributed by atoms with van der Waals surface area (Å²) in [6.45, 7) is 0. The van der Waals surface area contributed by atoms with Gasteiger partial charge in [-0.2, -0.15) is 20.0 Å². The van der Waals surface area contributed by atoms with Gasteiger partial charge in [-0.05, 0) is 12.2 Å². The monoisotopic (exact) mass is 320 g/mol. The van der Waals surface area contributed by atoms with Gasteiger partial charge in [0.1, 0.15) is 0 Å². The van der Waals surface area contributed by atoms with E-state index in [9.17, 15) is 8.78 Å². The number of rotatable bonds is 4. The number of hydrogen-bond donors (Lipinski definition) is 2. The standard InChI is InChI=1S/C13H10F2N6S/c14-11(15)12-19-20-13(22)21(12)17-7-9-6-16-18-10(9)8-4-2-1-3-5-8/h1-7,11H,(H,16,18)(H,20,22)/b17-7-. The molecule has 0 unspecified atom stereocenters. The van der Waals surface area contributed by atoms with Gasteiger partial charge in [0.15, 0.2) is 0 Å². The molecule has 0 fully saturated rings. The van der Waals surface area contributed by atoms with Gasteiger partial charge in [-0.3, -0.25) is 5.10 Å². The second-order valence-electron chi connectivity index (χ2n) is 4.31. The zero-order chi connectivity index (χ0) is 15.5. The van der Waals surface area contributed by atoms with Crippen molar-refractivity contribution >= 4 is 18.4 Å². The molecule has 3 aromatic rings. The highest BCUT2D eigenvalue weighted by molar-refractivity contribution is 7.71. The zero-order valence-corrected chi connectivity index (χ0v) is 11.9. The maximum absolute atomic E-state index is 12.8. The Morgan fingerprint density at radius 2 is 2.00 bits per heavy atom. The predicted molar refractivity (Wildman–Crippen MR) is 79.4 cm³/mol. The summed E-state index contributed by atoms with van der Waals surface area (Å²) in [5, 5.41) is 16.5. The Hall–Kier alpha value is -2.68. The van der Waals surface area contributed by atoms with Crippen LogP contribution in [0.15, 0.2) is 41.6 Å². The van der Waals surface area contributed by atoms with Crippen molar-refractivity contribution in [3.05, 3.63) is 52.7 Å². The second kappa shape index (κ2) is 5.98. The van der Waals surface area contributed by atoms with Crippen LogP contribution in [0.4, 0.5) is 8.78 Å². The third kappa shape index (κ3) is 2.70. The third-order valence-electron chi connectivity index (χ3n) is 2.91. The van der Waals surface area contributed by atoms with Crippen molar-refractivity contribution in [3.63, 3.8) is 0 Å². The maximum atomic E-state index is 12.8. The molecule has 2 N–H and O–H groups in total. The van der Waals surface area contributed by atoms with Crippen molar-refractivity contribution in [2.75, 3.05) is 0 Å². The van der Waals surface area contributed by atoms with Gasteiger partial charge in [-0.1, -0.05) is 30.3 Å². The first kappa shape index (κ1) is 14.3. The first-order valence-corrected chi connectivity index (χ1v) is 6.66. The molecule has 0 saturated heterocycles. The fourth-order valence-electron chi connectivity index (χ4n) is 1.91. The Morgan fingerprint density at radius 1 is 1.23 bits per heavy atom. The number of halogens is 2. The van der Waals surface area contributed by atoms with Crippen LogP contribution in [0.25, 0.3) is 11.3 Å². The summed E-state index contributed by atoms with van der Waals surface area (Å²) in [5.74, 6) is -0.536. The van der Waals surface area contributed by atoms with Crippen LogP contribution < -0.4 is 0 Å². The fraction of sp³-hybridized carbons (Fsp3) is 0.0769. The van der Waals surface area contributed by atoms with E-state index in [0.29, 0.717) is 5.56 Å². The summed E-state index contributed by atoms with van der Waals surface area (Å²) >= 11 is 4.89. The molecule has 0 spiro atoms. The number of aromatic nitrogens is 5. The van der Waals surface area contributed by atoms with E-state index >= 15 is 0 Å². The number of nitrogens with one attached hydrogen (secondary N) is 2. The quantitative estimate of drug-likeness (QED) is 0.573. The summed E-state index contributed by atoms with van der Waals surface area (Å²) in [7, 11) is 0. The van der Waals surface area contributed by atoms with Crippen molar-refractivity contribution in [1.29, 1.82) is 0 Å². The zero-order valence-electron chi connectivity index (χ0n) is 11.1. The molecule has 0 aliphatic rings. The van der Waals surface area contributed by atoms with E-state index in [1.54, 1.807) is 6.20 Å². The number of H-pyrrole nitrogens is 2. The molecule has 2 aromatic heterocycles. The molecule has 0 radical (unpaired) electrons. The molecule has 0 atom stereocenters. The lowest BCUT2D eigenvalue weighted by Crippen LogP contribution is -1.99. The molecule has 6 nitrogen and oxygen atoms in total. The van der Waals surface area contributed by atoms with E-state index in [-0.39, 0.29) is 4.77 Å². The van der Waals surface area contributed by atoms with E-state index in [0.717, 1.165) is 15.9 Å². The first-order chi connectivity index (χ1) is 10.7. The number of hydrogen-bond acceptors (Lipinski definition) is 4. The third-order valence-corrected chi connectivity index (χ3v) is 3.18. The van der Waals surface area contributed by atoms with Crippen molar-refractivity contribution in [2.45, 2.75) is 6.43 Å². The van der Waals surface area contributed by atoms with Crippen LogP contribution in [0.1, 0.15) is 17.8 Å². The SMILES string of the molecule is FC(F)c1n[nH]c(=S)n1/N=C\c1cn[nH]c1-c1ccccc1. The van der Waals surface area contributed by atoms with Gasteiger partial charge in [0.2, 0.25) is 10.6 Å². The minimum absolute atomic E-state index is 0.00342. The molecule has 112 valence electrons. The second-order valence-corrected chi connectivity index (χ2v) is 4.70. The number of benzene rings is 1. The minimum atomic E-state index is -2.77. The van der Waals surface area contributed by atoms with Gasteiger partial charge in [0.25, 0.3) is 6.43 Å². The fourth-order valence-corrected chi connectivity index (χ4v) is 2.09. The Balaban J connectivity index is 1.97. The smallest absolute Gasteiger partial charge is 0.277 e. The molecule has 0 bridgehead atoms. The number of alkyl halides is 2. The maximum Gasteiger partial charge on any atom is 0.299 e. The largest absolute Gasteiger partial charge is 0.299 e. The molecule has 9 heteroatoms. The number of nitrogens with zero attached hydrogens (tertiary/aromatic N) is 4. The lowest BCUT2D eigenvalue weighted by molar-refractivity contribution is 0.136. The van der Waals surface area contributed by atoms with E-state index in [1.165, 1.54) is 6.21 Å². The van der Waals surface area contributed by atoms with Crippen molar-refractivity contribution < 1.29 is 8.78 Å². The lowest BCUT2D eigenvalue weighted by atomic mass is 10.1. The van der Waals surface area contributed by atoms with Crippen LogP contribution in [-0.4, -0.2) is 31.3 Å². The first-order valence-electron chi connectivity index (χ1n) is 6.25. The average molecular weight is 320 g/mol. The van der Waals surface area contributed by atoms with Crippen molar-refractivity contribution in [3.8, 4) is 11.3 Å². The topological polar surface area (TPSA) is 74.7 Å². The molecule has 0 aliphatic carbocycles. The highest BCUT2D eigenvalue weighted by atomic mass is 32.1. The Kier molecular flexibility index (Phi) is 3.88. The van der Waals surface area contributed by atoms with Crippen LogP contribution in [-0.2, 0) is 0 Å². The summed E-state index contributed by atoms with van der Waals surface area (Å²) in [6, 6.07) is 9.47. The predicted octanol–water partition coefficient (Wildman–Crippen LogP) is 3.15. The Labute approximate surface area is 128 Å². The Bertz CT molecular complexity index is 849. The molecule has 0 aliphatic heterocycles. The summed E-state index contributed by atoms with van der Waals surface area (Å²) in [6.07, 6.45) is 0.184. The van der Waals surface area contributed by atoms with Gasteiger partial charge >= 0.3 is 0 Å². The van der Waals surface area contributed by atoms with Crippen LogP contribution in [0.5, 0.6) is 0 Å². The molecule has 22 heavy (non-hydrogen) atoms. The minimum Gasteiger partial charge on any atom is -0.277 e. The normalized spacial score (nSPS) is 11.6. The van der Waals surface area contributed by atoms with E-state index in [2.05, 4.69) is 25.5 Å². The summed E-state index contributed by atoms with van der Waals surface area (Å²) in [5.41, 5.74) is 2.29.